The molecule has 0 saturated carbocycles. The lowest BCUT2D eigenvalue weighted by Gasteiger charge is -2.36. The molecule has 2 saturated heterocycles. The average molecular weight is 301 g/mol. The van der Waals surface area contributed by atoms with E-state index in [0.29, 0.717) is 25.7 Å². The minimum atomic E-state index is -0.249. The van der Waals surface area contributed by atoms with Gasteiger partial charge in [-0.2, -0.15) is 0 Å². The Morgan fingerprint density at radius 3 is 2.73 bits per heavy atom. The van der Waals surface area contributed by atoms with Crippen molar-refractivity contribution in [2.24, 2.45) is 0 Å². The molecular weight excluding hydrogens is 278 g/mol. The third kappa shape index (κ3) is 3.47. The average Bonchev–Trinajstić information content (AvgIpc) is 2.96. The molecule has 2 fully saturated rings. The van der Waals surface area contributed by atoms with Gasteiger partial charge in [0.15, 0.2) is 0 Å². The number of benzene rings is 1. The van der Waals surface area contributed by atoms with Crippen LogP contribution in [0.15, 0.2) is 30.3 Å². The van der Waals surface area contributed by atoms with Crippen LogP contribution in [0.4, 0.5) is 4.79 Å². The van der Waals surface area contributed by atoms with E-state index in [1.807, 2.05) is 6.07 Å². The van der Waals surface area contributed by atoms with Crippen LogP contribution in [0.3, 0.4) is 0 Å². The molecular formula is C17H23N3O2. The van der Waals surface area contributed by atoms with Gasteiger partial charge in [-0.05, 0) is 31.4 Å². The van der Waals surface area contributed by atoms with Crippen LogP contribution >= 0.6 is 0 Å². The SMILES string of the molecule is O=C(CN1CCCC[C@H]1Cc1ccccc1)N1CCNC1=O. The molecule has 2 heterocycles. The highest BCUT2D eigenvalue weighted by Crippen LogP contribution is 2.21. The molecule has 0 radical (unpaired) electrons. The van der Waals surface area contributed by atoms with Gasteiger partial charge in [-0.3, -0.25) is 14.6 Å². The van der Waals surface area contributed by atoms with Crippen LogP contribution in [0.25, 0.3) is 0 Å². The molecule has 1 aromatic rings. The van der Waals surface area contributed by atoms with Gasteiger partial charge in [0.25, 0.3) is 0 Å². The van der Waals surface area contributed by atoms with Crippen molar-refractivity contribution < 1.29 is 9.59 Å². The van der Waals surface area contributed by atoms with E-state index in [0.717, 1.165) is 25.8 Å². The topological polar surface area (TPSA) is 52.7 Å². The highest BCUT2D eigenvalue weighted by molar-refractivity contribution is 5.96. The van der Waals surface area contributed by atoms with Gasteiger partial charge in [-0.15, -0.1) is 0 Å². The summed E-state index contributed by atoms with van der Waals surface area (Å²) in [5.74, 6) is -0.0741. The van der Waals surface area contributed by atoms with Crippen molar-refractivity contribution in [3.63, 3.8) is 0 Å². The molecule has 0 spiro atoms. The Balaban J connectivity index is 1.62. The van der Waals surface area contributed by atoms with Crippen molar-refractivity contribution in [3.05, 3.63) is 35.9 Å². The number of imide groups is 1. The van der Waals surface area contributed by atoms with E-state index >= 15 is 0 Å². The summed E-state index contributed by atoms with van der Waals surface area (Å²) in [5, 5.41) is 2.69. The summed E-state index contributed by atoms with van der Waals surface area (Å²) in [6, 6.07) is 10.6. The van der Waals surface area contributed by atoms with Gasteiger partial charge < -0.3 is 5.32 Å². The molecule has 0 bridgehead atoms. The van der Waals surface area contributed by atoms with Crippen LogP contribution in [0, 0.1) is 0 Å². The summed E-state index contributed by atoms with van der Waals surface area (Å²) >= 11 is 0. The largest absolute Gasteiger partial charge is 0.336 e. The maximum absolute atomic E-state index is 12.3. The van der Waals surface area contributed by atoms with E-state index in [2.05, 4.69) is 34.5 Å². The number of hydrogen-bond acceptors (Lipinski definition) is 3. The van der Waals surface area contributed by atoms with Crippen LogP contribution < -0.4 is 5.32 Å². The van der Waals surface area contributed by atoms with Gasteiger partial charge in [0.05, 0.1) is 6.54 Å². The van der Waals surface area contributed by atoms with Crippen molar-refractivity contribution in [3.8, 4) is 0 Å². The molecule has 2 aliphatic rings. The first-order valence-corrected chi connectivity index (χ1v) is 8.10. The number of amides is 3. The summed E-state index contributed by atoms with van der Waals surface area (Å²) in [4.78, 5) is 27.5. The molecule has 3 rings (SSSR count). The zero-order chi connectivity index (χ0) is 15.4. The minimum absolute atomic E-state index is 0.0741. The summed E-state index contributed by atoms with van der Waals surface area (Å²) in [6.07, 6.45) is 4.44. The number of nitrogens with one attached hydrogen (secondary N) is 1. The van der Waals surface area contributed by atoms with Gasteiger partial charge >= 0.3 is 6.03 Å². The van der Waals surface area contributed by atoms with Crippen molar-refractivity contribution in [1.29, 1.82) is 0 Å². The molecule has 1 aromatic carbocycles. The number of carbonyl (C=O) groups is 2. The maximum Gasteiger partial charge on any atom is 0.324 e. The standard InChI is InChI=1S/C17H23N3O2/c21-16(20-11-9-18-17(20)22)13-19-10-5-4-8-15(19)12-14-6-2-1-3-7-14/h1-3,6-7,15H,4-5,8-13H2,(H,18,22)/t15-/m0/s1. The number of rotatable bonds is 4. The summed E-state index contributed by atoms with van der Waals surface area (Å²) in [6.45, 7) is 2.36. The van der Waals surface area contributed by atoms with Crippen molar-refractivity contribution >= 4 is 11.9 Å². The van der Waals surface area contributed by atoms with E-state index in [1.54, 1.807) is 0 Å². The number of piperidine rings is 1. The molecule has 5 nitrogen and oxygen atoms in total. The normalized spacial score (nSPS) is 22.6. The highest BCUT2D eigenvalue weighted by atomic mass is 16.2. The van der Waals surface area contributed by atoms with Crippen LogP contribution in [-0.4, -0.2) is 54.0 Å². The molecule has 22 heavy (non-hydrogen) atoms. The molecule has 0 unspecified atom stereocenters. The Morgan fingerprint density at radius 2 is 2.00 bits per heavy atom. The lowest BCUT2D eigenvalue weighted by Crippen LogP contribution is -2.48. The molecule has 0 aromatic heterocycles. The van der Waals surface area contributed by atoms with Crippen molar-refractivity contribution in [2.45, 2.75) is 31.7 Å². The van der Waals surface area contributed by atoms with Gasteiger partial charge in [0.2, 0.25) is 5.91 Å². The molecule has 1 N–H and O–H groups in total. The molecule has 3 amide bonds. The smallest absolute Gasteiger partial charge is 0.324 e. The molecule has 118 valence electrons. The second-order valence-electron chi connectivity index (χ2n) is 6.09. The van der Waals surface area contributed by atoms with Crippen molar-refractivity contribution in [1.82, 2.24) is 15.1 Å². The van der Waals surface area contributed by atoms with Gasteiger partial charge in [0, 0.05) is 19.1 Å². The predicted molar refractivity (Wildman–Crippen MR) is 84.5 cm³/mol. The Bertz CT molecular complexity index is 532. The number of nitrogens with zero attached hydrogens (tertiary/aromatic N) is 2. The fourth-order valence-corrected chi connectivity index (χ4v) is 3.35. The number of hydrogen-bond donors (Lipinski definition) is 1. The Morgan fingerprint density at radius 1 is 1.18 bits per heavy atom. The van der Waals surface area contributed by atoms with Crippen LogP contribution in [-0.2, 0) is 11.2 Å². The fourth-order valence-electron chi connectivity index (χ4n) is 3.35. The van der Waals surface area contributed by atoms with Gasteiger partial charge in [-0.25, -0.2) is 4.79 Å². The van der Waals surface area contributed by atoms with Crippen LogP contribution in [0.1, 0.15) is 24.8 Å². The zero-order valence-corrected chi connectivity index (χ0v) is 12.8. The van der Waals surface area contributed by atoms with Crippen LogP contribution in [0.2, 0.25) is 0 Å². The highest BCUT2D eigenvalue weighted by Gasteiger charge is 2.30. The summed E-state index contributed by atoms with van der Waals surface area (Å²) in [5.41, 5.74) is 1.31. The number of likely N-dealkylation sites (tertiary alicyclic amines) is 1. The molecule has 0 aliphatic carbocycles. The Hall–Kier alpha value is -1.88. The maximum atomic E-state index is 12.3. The fraction of sp³-hybridized carbons (Fsp3) is 0.529. The second kappa shape index (κ2) is 6.92. The minimum Gasteiger partial charge on any atom is -0.336 e. The first-order chi connectivity index (χ1) is 10.7. The van der Waals surface area contributed by atoms with E-state index in [9.17, 15) is 9.59 Å². The van der Waals surface area contributed by atoms with E-state index in [-0.39, 0.29) is 11.9 Å². The molecule has 5 heteroatoms. The Kier molecular flexibility index (Phi) is 4.73. The summed E-state index contributed by atoms with van der Waals surface area (Å²) < 4.78 is 0. The first-order valence-electron chi connectivity index (χ1n) is 8.10. The molecule has 1 atom stereocenters. The zero-order valence-electron chi connectivity index (χ0n) is 12.8. The lowest BCUT2D eigenvalue weighted by molar-refractivity contribution is -0.129. The third-order valence-electron chi connectivity index (χ3n) is 4.56. The van der Waals surface area contributed by atoms with Crippen LogP contribution in [0.5, 0.6) is 0 Å². The number of carbonyl (C=O) groups excluding carboxylic acids is 2. The second-order valence-corrected chi connectivity index (χ2v) is 6.09. The Labute approximate surface area is 131 Å². The quantitative estimate of drug-likeness (QED) is 0.920. The van der Waals surface area contributed by atoms with Gasteiger partial charge in [0.1, 0.15) is 0 Å². The first kappa shape index (κ1) is 15.0. The molecule has 2 aliphatic heterocycles. The van der Waals surface area contributed by atoms with Crippen molar-refractivity contribution in [2.75, 3.05) is 26.2 Å². The number of urea groups is 1. The lowest BCUT2D eigenvalue weighted by atomic mass is 9.95. The van der Waals surface area contributed by atoms with E-state index < -0.39 is 0 Å². The van der Waals surface area contributed by atoms with Gasteiger partial charge in [-0.1, -0.05) is 36.8 Å². The van der Waals surface area contributed by atoms with E-state index in [4.69, 9.17) is 0 Å². The van der Waals surface area contributed by atoms with E-state index in [1.165, 1.54) is 16.9 Å². The predicted octanol–water partition coefficient (Wildman–Crippen LogP) is 1.64. The monoisotopic (exact) mass is 301 g/mol. The third-order valence-corrected chi connectivity index (χ3v) is 4.56. The summed E-state index contributed by atoms with van der Waals surface area (Å²) in [7, 11) is 0.